The largest absolute Gasteiger partial charge is 0.476 e. The van der Waals surface area contributed by atoms with Crippen molar-refractivity contribution in [2.45, 2.75) is 0 Å². The van der Waals surface area contributed by atoms with Crippen LogP contribution in [0.5, 0.6) is 0 Å². The first-order chi connectivity index (χ1) is 7.59. The Bertz CT molecular complexity index is 556. The smallest absolute Gasteiger partial charge is 0.357 e. The summed E-state index contributed by atoms with van der Waals surface area (Å²) in [5, 5.41) is 8.78. The minimum absolute atomic E-state index is 0.0383. The summed E-state index contributed by atoms with van der Waals surface area (Å²) in [6.07, 6.45) is 0. The van der Waals surface area contributed by atoms with Gasteiger partial charge in [-0.3, -0.25) is 0 Å². The van der Waals surface area contributed by atoms with Gasteiger partial charge in [0.15, 0.2) is 17.3 Å². The number of rotatable bonds is 2. The molecule has 0 amide bonds. The Hall–Kier alpha value is -1.89. The third-order valence-corrected chi connectivity index (χ3v) is 2.41. The molecule has 0 saturated heterocycles. The van der Waals surface area contributed by atoms with Gasteiger partial charge in [0.2, 0.25) is 0 Å². The van der Waals surface area contributed by atoms with Gasteiger partial charge in [-0.15, -0.1) is 0 Å². The summed E-state index contributed by atoms with van der Waals surface area (Å²) in [7, 11) is 0. The van der Waals surface area contributed by atoms with Crippen LogP contribution in [0.4, 0.5) is 8.78 Å². The molecule has 82 valence electrons. The maximum absolute atomic E-state index is 12.9. The van der Waals surface area contributed by atoms with E-state index in [-0.39, 0.29) is 17.0 Å². The Morgan fingerprint density at radius 2 is 2.00 bits per heavy atom. The van der Waals surface area contributed by atoms with E-state index in [4.69, 9.17) is 5.11 Å². The van der Waals surface area contributed by atoms with Crippen molar-refractivity contribution < 1.29 is 18.7 Å². The van der Waals surface area contributed by atoms with Crippen LogP contribution in [0.15, 0.2) is 18.2 Å². The highest BCUT2D eigenvalue weighted by molar-refractivity contribution is 6.99. The molecule has 1 N–H and O–H groups in total. The lowest BCUT2D eigenvalue weighted by atomic mass is 10.1. The van der Waals surface area contributed by atoms with Crippen LogP contribution in [-0.2, 0) is 0 Å². The zero-order valence-corrected chi connectivity index (χ0v) is 8.46. The maximum atomic E-state index is 12.9. The maximum Gasteiger partial charge on any atom is 0.357 e. The van der Waals surface area contributed by atoms with Crippen molar-refractivity contribution in [2.75, 3.05) is 0 Å². The number of aromatic nitrogens is 2. The number of carbonyl (C=O) groups is 1. The van der Waals surface area contributed by atoms with Crippen molar-refractivity contribution in [2.24, 2.45) is 0 Å². The highest BCUT2D eigenvalue weighted by Gasteiger charge is 2.17. The summed E-state index contributed by atoms with van der Waals surface area (Å²) in [5.41, 5.74) is -0.0440. The van der Waals surface area contributed by atoms with Gasteiger partial charge in [-0.05, 0) is 18.2 Å². The fourth-order valence-corrected chi connectivity index (χ4v) is 1.72. The van der Waals surface area contributed by atoms with Crippen LogP contribution in [-0.4, -0.2) is 19.8 Å². The minimum atomic E-state index is -1.26. The average Bonchev–Trinajstić information content (AvgIpc) is 2.71. The van der Waals surface area contributed by atoms with E-state index in [0.29, 0.717) is 11.7 Å². The van der Waals surface area contributed by atoms with Crippen molar-refractivity contribution in [3.8, 4) is 11.3 Å². The standard InChI is InChI=1S/C9H4F2N2O2S/c10-5-2-1-4(3-6(5)11)7-8(9(14)15)13-16-12-7/h1-3H,(H,14,15). The van der Waals surface area contributed by atoms with Gasteiger partial charge in [0.05, 0.1) is 11.7 Å². The Labute approximate surface area is 92.5 Å². The first-order valence-corrected chi connectivity index (χ1v) is 4.84. The quantitative estimate of drug-likeness (QED) is 0.876. The average molecular weight is 242 g/mol. The van der Waals surface area contributed by atoms with Crippen molar-refractivity contribution in [1.82, 2.24) is 8.75 Å². The van der Waals surface area contributed by atoms with E-state index in [1.807, 2.05) is 0 Å². The fourth-order valence-electron chi connectivity index (χ4n) is 1.16. The molecular weight excluding hydrogens is 238 g/mol. The van der Waals surface area contributed by atoms with Gasteiger partial charge in [0, 0.05) is 5.56 Å². The van der Waals surface area contributed by atoms with Gasteiger partial charge in [0.1, 0.15) is 5.69 Å². The molecular formula is C9H4F2N2O2S. The van der Waals surface area contributed by atoms with E-state index in [1.54, 1.807) is 0 Å². The first kappa shape index (κ1) is 10.6. The molecule has 2 rings (SSSR count). The molecule has 0 saturated carbocycles. The lowest BCUT2D eigenvalue weighted by Gasteiger charge is -1.98. The molecule has 0 aliphatic heterocycles. The van der Waals surface area contributed by atoms with Gasteiger partial charge in [-0.2, -0.15) is 8.75 Å². The molecule has 0 atom stereocenters. The topological polar surface area (TPSA) is 63.1 Å². The van der Waals surface area contributed by atoms with Crippen molar-refractivity contribution in [3.05, 3.63) is 35.5 Å². The van der Waals surface area contributed by atoms with Crippen molar-refractivity contribution in [3.63, 3.8) is 0 Å². The summed E-state index contributed by atoms with van der Waals surface area (Å²) in [6.45, 7) is 0. The second-order valence-corrected chi connectivity index (χ2v) is 3.42. The van der Waals surface area contributed by atoms with Crippen LogP contribution in [0.1, 0.15) is 10.5 Å². The van der Waals surface area contributed by atoms with E-state index in [2.05, 4.69) is 8.75 Å². The molecule has 1 heterocycles. The van der Waals surface area contributed by atoms with Crippen molar-refractivity contribution >= 4 is 17.7 Å². The molecule has 4 nitrogen and oxygen atoms in total. The lowest BCUT2D eigenvalue weighted by Crippen LogP contribution is -1.99. The van der Waals surface area contributed by atoms with Gasteiger partial charge < -0.3 is 5.11 Å². The molecule has 7 heteroatoms. The molecule has 0 radical (unpaired) electrons. The van der Waals surface area contributed by atoms with Gasteiger partial charge >= 0.3 is 5.97 Å². The molecule has 0 fully saturated rings. The highest BCUT2D eigenvalue weighted by Crippen LogP contribution is 2.23. The summed E-state index contributed by atoms with van der Waals surface area (Å²) in [4.78, 5) is 10.7. The van der Waals surface area contributed by atoms with Crippen LogP contribution >= 0.6 is 11.7 Å². The number of nitrogens with zero attached hydrogens (tertiary/aromatic N) is 2. The van der Waals surface area contributed by atoms with E-state index in [0.717, 1.165) is 12.1 Å². The summed E-state index contributed by atoms with van der Waals surface area (Å²) in [5.74, 6) is -3.31. The van der Waals surface area contributed by atoms with Crippen LogP contribution in [0, 0.1) is 11.6 Å². The van der Waals surface area contributed by atoms with Crippen LogP contribution in [0.25, 0.3) is 11.3 Å². The predicted molar refractivity (Wildman–Crippen MR) is 52.2 cm³/mol. The summed E-state index contributed by atoms with van der Waals surface area (Å²) in [6, 6.07) is 3.05. The molecule has 1 aromatic carbocycles. The summed E-state index contributed by atoms with van der Waals surface area (Å²) >= 11 is 0.702. The molecule has 0 spiro atoms. The minimum Gasteiger partial charge on any atom is -0.476 e. The Kier molecular flexibility index (Phi) is 2.61. The number of carboxylic acids is 1. The van der Waals surface area contributed by atoms with Crippen LogP contribution in [0.2, 0.25) is 0 Å². The SMILES string of the molecule is O=C(O)c1nsnc1-c1ccc(F)c(F)c1. The van der Waals surface area contributed by atoms with E-state index in [9.17, 15) is 13.6 Å². The predicted octanol–water partition coefficient (Wildman–Crippen LogP) is 2.18. The molecule has 0 aliphatic carbocycles. The zero-order valence-electron chi connectivity index (χ0n) is 7.65. The molecule has 1 aromatic heterocycles. The molecule has 0 unspecified atom stereocenters. The van der Waals surface area contributed by atoms with Gasteiger partial charge in [-0.25, -0.2) is 13.6 Å². The fraction of sp³-hybridized carbons (Fsp3) is 0. The zero-order chi connectivity index (χ0) is 11.7. The lowest BCUT2D eigenvalue weighted by molar-refractivity contribution is 0.0692. The highest BCUT2D eigenvalue weighted by atomic mass is 32.1. The molecule has 2 aromatic rings. The van der Waals surface area contributed by atoms with Crippen molar-refractivity contribution in [1.29, 1.82) is 0 Å². The normalized spacial score (nSPS) is 10.4. The third-order valence-electron chi connectivity index (χ3n) is 1.88. The molecule has 0 aliphatic rings. The number of aromatic carboxylic acids is 1. The Balaban J connectivity index is 2.54. The Morgan fingerprint density at radius 3 is 2.62 bits per heavy atom. The monoisotopic (exact) mass is 242 g/mol. The van der Waals surface area contributed by atoms with Gasteiger partial charge in [-0.1, -0.05) is 0 Å². The van der Waals surface area contributed by atoms with E-state index in [1.165, 1.54) is 6.07 Å². The van der Waals surface area contributed by atoms with Crippen LogP contribution in [0.3, 0.4) is 0 Å². The van der Waals surface area contributed by atoms with E-state index < -0.39 is 17.6 Å². The first-order valence-electron chi connectivity index (χ1n) is 4.11. The van der Waals surface area contributed by atoms with E-state index >= 15 is 0 Å². The number of hydrogen-bond donors (Lipinski definition) is 1. The number of carboxylic acid groups (broad SMARTS) is 1. The number of hydrogen-bond acceptors (Lipinski definition) is 4. The Morgan fingerprint density at radius 1 is 1.25 bits per heavy atom. The number of benzene rings is 1. The summed E-state index contributed by atoms with van der Waals surface area (Å²) < 4.78 is 32.9. The second-order valence-electron chi connectivity index (χ2n) is 2.90. The second kappa shape index (κ2) is 3.93. The molecule has 0 bridgehead atoms. The van der Waals surface area contributed by atoms with Gasteiger partial charge in [0.25, 0.3) is 0 Å². The molecule has 16 heavy (non-hydrogen) atoms. The van der Waals surface area contributed by atoms with Crippen LogP contribution < -0.4 is 0 Å². The third kappa shape index (κ3) is 1.76. The number of halogens is 2.